The highest BCUT2D eigenvalue weighted by molar-refractivity contribution is 5.99. The first-order valence-corrected chi connectivity index (χ1v) is 13.0. The van der Waals surface area contributed by atoms with Gasteiger partial charge in [0.2, 0.25) is 5.43 Å². The second-order valence-corrected chi connectivity index (χ2v) is 10.2. The van der Waals surface area contributed by atoms with E-state index in [4.69, 9.17) is 4.74 Å². The average Bonchev–Trinajstić information content (AvgIpc) is 3.28. The van der Waals surface area contributed by atoms with Crippen molar-refractivity contribution in [2.24, 2.45) is 0 Å². The number of rotatable bonds is 5. The topological polar surface area (TPSA) is 101 Å². The maximum absolute atomic E-state index is 14.0. The highest BCUT2D eigenvalue weighted by Gasteiger charge is 2.56. The molecule has 8 nitrogen and oxygen atoms in total. The van der Waals surface area contributed by atoms with Gasteiger partial charge in [0.15, 0.2) is 17.7 Å². The minimum atomic E-state index is -1.04. The summed E-state index contributed by atoms with van der Waals surface area (Å²) >= 11 is 0. The molecule has 0 spiro atoms. The van der Waals surface area contributed by atoms with Crippen LogP contribution in [0.3, 0.4) is 0 Å². The zero-order valence-electron chi connectivity index (χ0n) is 21.9. The van der Waals surface area contributed by atoms with Crippen LogP contribution in [-0.4, -0.2) is 32.6 Å². The van der Waals surface area contributed by atoms with E-state index in [2.05, 4.69) is 5.32 Å². The normalized spacial score (nSPS) is 21.3. The number of aromatic hydroxyl groups is 1. The zero-order valence-corrected chi connectivity index (χ0v) is 21.9. The van der Waals surface area contributed by atoms with Gasteiger partial charge in [-0.05, 0) is 24.1 Å². The second-order valence-electron chi connectivity index (χ2n) is 10.2. The minimum Gasteiger partial charge on any atom is -0.503 e. The van der Waals surface area contributed by atoms with Gasteiger partial charge in [0, 0.05) is 24.4 Å². The predicted octanol–water partition coefficient (Wildman–Crippen LogP) is 4.23. The quantitative estimate of drug-likeness (QED) is 0.383. The zero-order chi connectivity index (χ0) is 28.9. The van der Waals surface area contributed by atoms with Crippen LogP contribution in [0, 0.1) is 11.6 Å². The Morgan fingerprint density at radius 1 is 1.05 bits per heavy atom. The van der Waals surface area contributed by atoms with E-state index in [1.165, 1.54) is 21.7 Å². The third-order valence-corrected chi connectivity index (χ3v) is 7.70. The third-order valence-electron chi connectivity index (χ3n) is 7.70. The molecule has 0 bridgehead atoms. The van der Waals surface area contributed by atoms with E-state index in [0.29, 0.717) is 6.07 Å². The third kappa shape index (κ3) is 4.36. The van der Waals surface area contributed by atoms with Crippen molar-refractivity contribution < 1.29 is 28.2 Å². The molecule has 2 aliphatic heterocycles. The number of ether oxygens (including phenoxy) is 1. The number of nitrogens with zero attached hydrogens (tertiary/aromatic N) is 2. The Labute approximate surface area is 233 Å². The summed E-state index contributed by atoms with van der Waals surface area (Å²) in [6, 6.07) is 21.2. The number of nitrogens with one attached hydrogen (secondary N) is 1. The van der Waals surface area contributed by atoms with Gasteiger partial charge in [0.05, 0.1) is 12.6 Å². The number of hydrogen-bond acceptors (Lipinski definition) is 5. The summed E-state index contributed by atoms with van der Waals surface area (Å²) in [5.74, 6) is -3.99. The maximum atomic E-state index is 14.0. The highest BCUT2D eigenvalue weighted by Crippen LogP contribution is 2.51. The number of pyridine rings is 1. The van der Waals surface area contributed by atoms with Crippen LogP contribution in [0.15, 0.2) is 89.9 Å². The fourth-order valence-corrected chi connectivity index (χ4v) is 5.72. The molecule has 0 radical (unpaired) electrons. The Hall–Kier alpha value is -4.83. The van der Waals surface area contributed by atoms with E-state index in [-0.39, 0.29) is 24.3 Å². The monoisotopic (exact) mass is 557 g/mol. The summed E-state index contributed by atoms with van der Waals surface area (Å²) in [6.45, 7) is 1.61. The Bertz CT molecular complexity index is 1730. The average molecular weight is 558 g/mol. The first-order chi connectivity index (χ1) is 19.7. The van der Waals surface area contributed by atoms with Crippen molar-refractivity contribution in [3.8, 4) is 5.75 Å². The van der Waals surface area contributed by atoms with Gasteiger partial charge in [-0.1, -0.05) is 66.7 Å². The molecule has 1 aromatic heterocycles. The van der Waals surface area contributed by atoms with Crippen molar-refractivity contribution in [2.45, 2.75) is 37.9 Å². The summed E-state index contributed by atoms with van der Waals surface area (Å²) in [5.41, 5.74) is -1.03. The Morgan fingerprint density at radius 2 is 1.73 bits per heavy atom. The number of halogens is 2. The number of fused-ring (bicyclic) bond motifs is 2. The molecular formula is C31H25F2N3O5. The lowest BCUT2D eigenvalue weighted by Gasteiger charge is -2.36. The first-order valence-electron chi connectivity index (χ1n) is 13.0. The van der Waals surface area contributed by atoms with Crippen molar-refractivity contribution in [1.82, 2.24) is 14.8 Å². The molecule has 2 aliphatic rings. The van der Waals surface area contributed by atoms with E-state index >= 15 is 0 Å². The van der Waals surface area contributed by atoms with Gasteiger partial charge in [0.1, 0.15) is 22.8 Å². The molecule has 41 heavy (non-hydrogen) atoms. The van der Waals surface area contributed by atoms with Gasteiger partial charge in [-0.2, -0.15) is 0 Å². The summed E-state index contributed by atoms with van der Waals surface area (Å²) in [5, 5.41) is 13.3. The fraction of sp³-hybridized carbons (Fsp3) is 0.194. The smallest absolute Gasteiger partial charge is 0.277 e. The second kappa shape index (κ2) is 9.97. The Morgan fingerprint density at radius 3 is 2.41 bits per heavy atom. The highest BCUT2D eigenvalue weighted by atomic mass is 19.1. The van der Waals surface area contributed by atoms with Gasteiger partial charge >= 0.3 is 0 Å². The van der Waals surface area contributed by atoms with Crippen LogP contribution in [0.1, 0.15) is 50.5 Å². The number of carbonyl (C=O) groups excluding carboxylic acids is 2. The van der Waals surface area contributed by atoms with Crippen molar-refractivity contribution in [3.63, 3.8) is 0 Å². The molecule has 4 aromatic rings. The van der Waals surface area contributed by atoms with Crippen LogP contribution >= 0.6 is 0 Å². The van der Waals surface area contributed by atoms with Crippen LogP contribution in [-0.2, 0) is 23.4 Å². The van der Waals surface area contributed by atoms with Crippen molar-refractivity contribution in [3.05, 3.63) is 135 Å². The molecule has 0 aliphatic carbocycles. The molecule has 0 saturated carbocycles. The van der Waals surface area contributed by atoms with Crippen LogP contribution in [0.5, 0.6) is 5.75 Å². The largest absolute Gasteiger partial charge is 0.503 e. The van der Waals surface area contributed by atoms with E-state index in [1.807, 2.05) is 67.6 Å². The van der Waals surface area contributed by atoms with Crippen LogP contribution in [0.4, 0.5) is 8.78 Å². The van der Waals surface area contributed by atoms with Crippen molar-refractivity contribution in [1.29, 1.82) is 0 Å². The Kier molecular flexibility index (Phi) is 6.42. The SMILES string of the molecule is C[C@]1(c2ccccc2)O[C@H]2Cn3cc(C(=O)NCc4ccc(F)cc4F)c(=O)c(O)c3C(=O)N2[C@@H]1c1ccccc1. The van der Waals surface area contributed by atoms with Crippen LogP contribution < -0.4 is 10.7 Å². The van der Waals surface area contributed by atoms with Gasteiger partial charge in [-0.25, -0.2) is 8.78 Å². The van der Waals surface area contributed by atoms with E-state index in [1.54, 1.807) is 0 Å². The lowest BCUT2D eigenvalue weighted by atomic mass is 9.83. The molecule has 1 fully saturated rings. The lowest BCUT2D eigenvalue weighted by Crippen LogP contribution is -2.47. The number of benzene rings is 3. The first kappa shape index (κ1) is 26.4. The molecule has 3 heterocycles. The summed E-state index contributed by atoms with van der Waals surface area (Å²) in [6.07, 6.45) is 0.415. The van der Waals surface area contributed by atoms with E-state index in [0.717, 1.165) is 17.2 Å². The molecule has 3 atom stereocenters. The van der Waals surface area contributed by atoms with Gasteiger partial charge < -0.3 is 19.7 Å². The fourth-order valence-electron chi connectivity index (χ4n) is 5.72. The Balaban J connectivity index is 1.37. The molecule has 10 heteroatoms. The summed E-state index contributed by atoms with van der Waals surface area (Å²) in [7, 11) is 0. The number of aromatic nitrogens is 1. The van der Waals surface area contributed by atoms with Crippen LogP contribution in [0.25, 0.3) is 0 Å². The van der Waals surface area contributed by atoms with E-state index < -0.39 is 58.1 Å². The van der Waals surface area contributed by atoms with E-state index in [9.17, 15) is 28.3 Å². The van der Waals surface area contributed by atoms with Gasteiger partial charge in [0.25, 0.3) is 11.8 Å². The predicted molar refractivity (Wildman–Crippen MR) is 144 cm³/mol. The molecule has 2 N–H and O–H groups in total. The molecule has 208 valence electrons. The van der Waals surface area contributed by atoms with Gasteiger partial charge in [-0.15, -0.1) is 0 Å². The molecule has 0 unspecified atom stereocenters. The number of amides is 2. The van der Waals surface area contributed by atoms with Gasteiger partial charge in [-0.3, -0.25) is 19.3 Å². The van der Waals surface area contributed by atoms with Crippen molar-refractivity contribution in [2.75, 3.05) is 0 Å². The number of carbonyl (C=O) groups is 2. The molecule has 6 rings (SSSR count). The van der Waals surface area contributed by atoms with Crippen LogP contribution in [0.2, 0.25) is 0 Å². The molecule has 3 aromatic carbocycles. The molecule has 2 amide bonds. The minimum absolute atomic E-state index is 0.0133. The summed E-state index contributed by atoms with van der Waals surface area (Å²) in [4.78, 5) is 41.5. The maximum Gasteiger partial charge on any atom is 0.277 e. The standard InChI is InChI=1S/C31H25F2N3O5/c1-31(20-10-6-3-7-11-20)28(18-8-4-2-5-9-18)36-24(41-31)17-35-16-22(26(37)27(38)25(35)30(36)40)29(39)34-15-19-12-13-21(32)14-23(19)33/h2-14,16,24,28,38H,15,17H2,1H3,(H,34,39)/t24-,28+,31+/m0/s1. The molecular weight excluding hydrogens is 532 g/mol. The van der Waals surface area contributed by atoms with Crippen molar-refractivity contribution >= 4 is 11.8 Å². The molecule has 1 saturated heterocycles. The lowest BCUT2D eigenvalue weighted by molar-refractivity contribution is -0.0611. The number of hydrogen-bond donors (Lipinski definition) is 2. The summed E-state index contributed by atoms with van der Waals surface area (Å²) < 4.78 is 35.2.